The van der Waals surface area contributed by atoms with Crippen molar-refractivity contribution in [3.63, 3.8) is 0 Å². The predicted molar refractivity (Wildman–Crippen MR) is 88.8 cm³/mol. The fourth-order valence-electron chi connectivity index (χ4n) is 3.33. The minimum absolute atomic E-state index is 0.131. The summed E-state index contributed by atoms with van der Waals surface area (Å²) in [6.07, 6.45) is 2.13. The Hall–Kier alpha value is -1.55. The van der Waals surface area contributed by atoms with Crippen molar-refractivity contribution in [1.29, 1.82) is 0 Å². The zero-order chi connectivity index (χ0) is 15.9. The SMILES string of the molecule is CCN(CC)C(=O)N1CCC(C(OC)c2ccccc2)CC1. The third-order valence-corrected chi connectivity index (χ3v) is 4.65. The number of hydrogen-bond acceptors (Lipinski definition) is 2. The zero-order valence-electron chi connectivity index (χ0n) is 14.0. The number of carbonyl (C=O) groups excluding carboxylic acids is 1. The predicted octanol–water partition coefficient (Wildman–Crippen LogP) is 3.55. The number of likely N-dealkylation sites (tertiary alicyclic amines) is 1. The molecule has 0 radical (unpaired) electrons. The molecule has 4 nitrogen and oxygen atoms in total. The molecule has 1 aliphatic rings. The van der Waals surface area contributed by atoms with Gasteiger partial charge in [0.05, 0.1) is 6.10 Å². The fourth-order valence-corrected chi connectivity index (χ4v) is 3.33. The lowest BCUT2D eigenvalue weighted by atomic mass is 9.87. The summed E-state index contributed by atoms with van der Waals surface area (Å²) >= 11 is 0. The highest BCUT2D eigenvalue weighted by Gasteiger charge is 2.30. The van der Waals surface area contributed by atoms with Crippen LogP contribution in [0.1, 0.15) is 38.4 Å². The Kier molecular flexibility index (Phi) is 6.25. The van der Waals surface area contributed by atoms with Crippen LogP contribution in [0.15, 0.2) is 30.3 Å². The second kappa shape index (κ2) is 8.18. The first-order valence-corrected chi connectivity index (χ1v) is 8.32. The smallest absolute Gasteiger partial charge is 0.319 e. The van der Waals surface area contributed by atoms with Crippen molar-refractivity contribution in [2.24, 2.45) is 5.92 Å². The van der Waals surface area contributed by atoms with Crippen LogP contribution in [0, 0.1) is 5.92 Å². The van der Waals surface area contributed by atoms with Gasteiger partial charge in [0.15, 0.2) is 0 Å². The van der Waals surface area contributed by atoms with Gasteiger partial charge in [-0.05, 0) is 38.2 Å². The summed E-state index contributed by atoms with van der Waals surface area (Å²) in [7, 11) is 1.78. The van der Waals surface area contributed by atoms with Gasteiger partial charge in [-0.15, -0.1) is 0 Å². The largest absolute Gasteiger partial charge is 0.376 e. The van der Waals surface area contributed by atoms with Gasteiger partial charge in [0.25, 0.3) is 0 Å². The van der Waals surface area contributed by atoms with Crippen LogP contribution < -0.4 is 0 Å². The van der Waals surface area contributed by atoms with E-state index in [1.54, 1.807) is 7.11 Å². The van der Waals surface area contributed by atoms with Gasteiger partial charge in [-0.1, -0.05) is 30.3 Å². The van der Waals surface area contributed by atoms with Gasteiger partial charge >= 0.3 is 6.03 Å². The topological polar surface area (TPSA) is 32.8 Å². The molecule has 4 heteroatoms. The molecule has 1 saturated heterocycles. The molecule has 0 N–H and O–H groups in total. The zero-order valence-corrected chi connectivity index (χ0v) is 14.0. The Balaban J connectivity index is 1.95. The van der Waals surface area contributed by atoms with Crippen LogP contribution >= 0.6 is 0 Å². The summed E-state index contributed by atoms with van der Waals surface area (Å²) in [5.41, 5.74) is 1.23. The average Bonchev–Trinajstić information content (AvgIpc) is 2.58. The summed E-state index contributed by atoms with van der Waals surface area (Å²) < 4.78 is 5.75. The molecule has 0 bridgehead atoms. The first-order chi connectivity index (χ1) is 10.7. The molecule has 1 aliphatic heterocycles. The average molecular weight is 304 g/mol. The molecule has 1 aromatic rings. The molecule has 2 rings (SSSR count). The summed E-state index contributed by atoms with van der Waals surface area (Å²) in [6, 6.07) is 10.6. The number of ether oxygens (including phenoxy) is 1. The Morgan fingerprint density at radius 2 is 1.82 bits per heavy atom. The molecule has 0 spiro atoms. The third-order valence-electron chi connectivity index (χ3n) is 4.65. The maximum atomic E-state index is 12.4. The van der Waals surface area contributed by atoms with Crippen LogP contribution in [0.3, 0.4) is 0 Å². The van der Waals surface area contributed by atoms with Crippen molar-refractivity contribution in [3.8, 4) is 0 Å². The minimum Gasteiger partial charge on any atom is -0.376 e. The van der Waals surface area contributed by atoms with Crippen LogP contribution in [-0.4, -0.2) is 49.1 Å². The number of urea groups is 1. The quantitative estimate of drug-likeness (QED) is 0.833. The van der Waals surface area contributed by atoms with Crippen molar-refractivity contribution in [2.45, 2.75) is 32.8 Å². The van der Waals surface area contributed by atoms with Gasteiger partial charge in [-0.2, -0.15) is 0 Å². The van der Waals surface area contributed by atoms with Gasteiger partial charge in [0, 0.05) is 33.3 Å². The van der Waals surface area contributed by atoms with E-state index in [4.69, 9.17) is 4.74 Å². The van der Waals surface area contributed by atoms with Crippen LogP contribution in [-0.2, 0) is 4.74 Å². The first-order valence-electron chi connectivity index (χ1n) is 8.32. The lowest BCUT2D eigenvalue weighted by molar-refractivity contribution is 0.0231. The van der Waals surface area contributed by atoms with Crippen LogP contribution in [0.2, 0.25) is 0 Å². The van der Waals surface area contributed by atoms with Gasteiger partial charge < -0.3 is 14.5 Å². The number of benzene rings is 1. The number of amides is 2. The standard InChI is InChI=1S/C18H28N2O2/c1-4-19(5-2)18(21)20-13-11-16(12-14-20)17(22-3)15-9-7-6-8-10-15/h6-10,16-17H,4-5,11-14H2,1-3H3. The maximum Gasteiger partial charge on any atom is 0.319 e. The molecule has 0 aromatic heterocycles. The highest BCUT2D eigenvalue weighted by Crippen LogP contribution is 2.33. The number of carbonyl (C=O) groups is 1. The van der Waals surface area contributed by atoms with E-state index in [1.165, 1.54) is 5.56 Å². The van der Waals surface area contributed by atoms with Crippen LogP contribution in [0.25, 0.3) is 0 Å². The van der Waals surface area contributed by atoms with Crippen LogP contribution in [0.4, 0.5) is 4.79 Å². The van der Waals surface area contributed by atoms with Crippen molar-refractivity contribution < 1.29 is 9.53 Å². The molecule has 122 valence electrons. The summed E-state index contributed by atoms with van der Waals surface area (Å²) in [5.74, 6) is 0.480. The third kappa shape index (κ3) is 3.80. The monoisotopic (exact) mass is 304 g/mol. The lowest BCUT2D eigenvalue weighted by Crippen LogP contribution is -2.47. The van der Waals surface area contributed by atoms with Crippen molar-refractivity contribution in [1.82, 2.24) is 9.80 Å². The Labute approximate surface area is 134 Å². The van der Waals surface area contributed by atoms with E-state index in [9.17, 15) is 4.79 Å². The number of rotatable bonds is 5. The van der Waals surface area contributed by atoms with Gasteiger partial charge in [0.1, 0.15) is 0 Å². The van der Waals surface area contributed by atoms with E-state index in [1.807, 2.05) is 29.7 Å². The molecule has 22 heavy (non-hydrogen) atoms. The molecule has 0 saturated carbocycles. The second-order valence-electron chi connectivity index (χ2n) is 5.85. The van der Waals surface area contributed by atoms with Crippen LogP contribution in [0.5, 0.6) is 0 Å². The van der Waals surface area contributed by atoms with Crippen molar-refractivity contribution in [2.75, 3.05) is 33.3 Å². The molecule has 2 amide bonds. The van der Waals surface area contributed by atoms with E-state index < -0.39 is 0 Å². The first kappa shape index (κ1) is 16.8. The Morgan fingerprint density at radius 3 is 2.32 bits per heavy atom. The molecular formula is C18H28N2O2. The van der Waals surface area contributed by atoms with E-state index in [0.29, 0.717) is 5.92 Å². The number of nitrogens with zero attached hydrogens (tertiary/aromatic N) is 2. The number of hydrogen-bond donors (Lipinski definition) is 0. The molecule has 1 unspecified atom stereocenters. The molecule has 0 aliphatic carbocycles. The van der Waals surface area contributed by atoms with E-state index in [0.717, 1.165) is 39.0 Å². The van der Waals surface area contributed by atoms with E-state index >= 15 is 0 Å². The van der Waals surface area contributed by atoms with E-state index in [-0.39, 0.29) is 12.1 Å². The Bertz CT molecular complexity index is 451. The molecule has 1 fully saturated rings. The van der Waals surface area contributed by atoms with Crippen molar-refractivity contribution in [3.05, 3.63) is 35.9 Å². The lowest BCUT2D eigenvalue weighted by Gasteiger charge is -2.37. The maximum absolute atomic E-state index is 12.4. The number of methoxy groups -OCH3 is 1. The normalized spacial score (nSPS) is 17.3. The summed E-state index contributed by atoms with van der Waals surface area (Å²) in [5, 5.41) is 0. The summed E-state index contributed by atoms with van der Waals surface area (Å²) in [6.45, 7) is 7.27. The summed E-state index contributed by atoms with van der Waals surface area (Å²) in [4.78, 5) is 16.3. The van der Waals surface area contributed by atoms with Gasteiger partial charge in [0.2, 0.25) is 0 Å². The fraction of sp³-hybridized carbons (Fsp3) is 0.611. The Morgan fingerprint density at radius 1 is 1.23 bits per heavy atom. The second-order valence-corrected chi connectivity index (χ2v) is 5.85. The van der Waals surface area contributed by atoms with Gasteiger partial charge in [-0.25, -0.2) is 4.79 Å². The molecule has 1 atom stereocenters. The highest BCUT2D eigenvalue weighted by atomic mass is 16.5. The number of piperidine rings is 1. The highest BCUT2D eigenvalue weighted by molar-refractivity contribution is 5.74. The van der Waals surface area contributed by atoms with Gasteiger partial charge in [-0.3, -0.25) is 0 Å². The van der Waals surface area contributed by atoms with E-state index in [2.05, 4.69) is 24.3 Å². The minimum atomic E-state index is 0.131. The molecule has 1 aromatic carbocycles. The molecular weight excluding hydrogens is 276 g/mol. The molecule has 1 heterocycles. The van der Waals surface area contributed by atoms with Crippen molar-refractivity contribution >= 4 is 6.03 Å².